The summed E-state index contributed by atoms with van der Waals surface area (Å²) < 4.78 is 13.8. The Labute approximate surface area is 155 Å². The predicted octanol–water partition coefficient (Wildman–Crippen LogP) is 1.39. The number of anilines is 1. The molecular weight excluding hydrogens is 363 g/mol. The summed E-state index contributed by atoms with van der Waals surface area (Å²) in [5.41, 5.74) is 3.84. The van der Waals surface area contributed by atoms with E-state index >= 15 is 0 Å². The van der Waals surface area contributed by atoms with Crippen LogP contribution in [0, 0.1) is 5.41 Å². The van der Waals surface area contributed by atoms with E-state index in [1.807, 2.05) is 0 Å². The van der Waals surface area contributed by atoms with E-state index in [-0.39, 0.29) is 28.7 Å². The second-order valence-corrected chi connectivity index (χ2v) is 8.35. The number of primary amides is 1. The standard InChI is InChI=1S/C17H22ClFN4O3/c1-15(2,26)11(19)5-22-13(24)9-4-21-12(18)3-10(9)23-17-6-16(7-17,8-17)14(20)25/h3-4,11,26H,5-8H2,1-2H3,(H2,20,25)(H,21,23)(H,22,24). The van der Waals surface area contributed by atoms with Gasteiger partial charge in [0, 0.05) is 11.7 Å². The molecule has 0 aliphatic heterocycles. The minimum Gasteiger partial charge on any atom is -0.387 e. The van der Waals surface area contributed by atoms with Crippen molar-refractivity contribution in [2.24, 2.45) is 11.1 Å². The van der Waals surface area contributed by atoms with Crippen molar-refractivity contribution in [2.45, 2.75) is 50.4 Å². The molecule has 1 aromatic rings. The predicted molar refractivity (Wildman–Crippen MR) is 94.6 cm³/mol. The number of alkyl halides is 1. The van der Waals surface area contributed by atoms with Crippen LogP contribution in [0.3, 0.4) is 0 Å². The van der Waals surface area contributed by atoms with Gasteiger partial charge in [-0.05, 0) is 39.2 Å². The fourth-order valence-corrected chi connectivity index (χ4v) is 3.87. The van der Waals surface area contributed by atoms with E-state index < -0.39 is 23.1 Å². The van der Waals surface area contributed by atoms with Crippen molar-refractivity contribution in [3.63, 3.8) is 0 Å². The number of halogens is 2. The lowest BCUT2D eigenvalue weighted by molar-refractivity contribution is -0.163. The molecule has 0 saturated heterocycles. The zero-order chi connectivity index (χ0) is 19.3. The Kier molecular flexibility index (Phi) is 4.39. The first kappa shape index (κ1) is 18.8. The average Bonchev–Trinajstić information content (AvgIpc) is 2.45. The summed E-state index contributed by atoms with van der Waals surface area (Å²) in [6, 6.07) is 1.52. The highest BCUT2D eigenvalue weighted by molar-refractivity contribution is 6.29. The molecular formula is C17H22ClFN4O3. The zero-order valence-electron chi connectivity index (χ0n) is 14.6. The molecule has 9 heteroatoms. The molecule has 2 bridgehead atoms. The molecule has 142 valence electrons. The molecule has 1 aromatic heterocycles. The number of hydrogen-bond donors (Lipinski definition) is 4. The van der Waals surface area contributed by atoms with Gasteiger partial charge in [-0.15, -0.1) is 0 Å². The molecule has 0 spiro atoms. The van der Waals surface area contributed by atoms with Crippen molar-refractivity contribution in [3.05, 3.63) is 23.0 Å². The Morgan fingerprint density at radius 2 is 2.08 bits per heavy atom. The fraction of sp³-hybridized carbons (Fsp3) is 0.588. The number of pyridine rings is 1. The molecule has 1 unspecified atom stereocenters. The van der Waals surface area contributed by atoms with Crippen LogP contribution in [0.4, 0.5) is 10.1 Å². The third kappa shape index (κ3) is 3.23. The number of nitrogens with zero attached hydrogens (tertiary/aromatic N) is 1. The molecule has 7 nitrogen and oxygen atoms in total. The van der Waals surface area contributed by atoms with E-state index in [1.165, 1.54) is 26.1 Å². The molecule has 0 aromatic carbocycles. The number of rotatable bonds is 7. The lowest BCUT2D eigenvalue weighted by Crippen LogP contribution is -2.74. The Morgan fingerprint density at radius 1 is 1.46 bits per heavy atom. The van der Waals surface area contributed by atoms with E-state index in [4.69, 9.17) is 17.3 Å². The Bertz CT molecular complexity index is 745. The van der Waals surface area contributed by atoms with Crippen molar-refractivity contribution in [3.8, 4) is 0 Å². The van der Waals surface area contributed by atoms with Crippen LogP contribution in [0.5, 0.6) is 0 Å². The normalized spacial score (nSPS) is 27.7. The molecule has 2 amide bonds. The van der Waals surface area contributed by atoms with Gasteiger partial charge in [-0.3, -0.25) is 9.59 Å². The van der Waals surface area contributed by atoms with Gasteiger partial charge in [0.05, 0.1) is 28.8 Å². The number of hydrogen-bond acceptors (Lipinski definition) is 5. The van der Waals surface area contributed by atoms with Crippen LogP contribution in [0.2, 0.25) is 5.15 Å². The maximum atomic E-state index is 13.8. The minimum absolute atomic E-state index is 0.208. The largest absolute Gasteiger partial charge is 0.387 e. The van der Waals surface area contributed by atoms with Crippen LogP contribution in [0.25, 0.3) is 0 Å². The molecule has 5 N–H and O–H groups in total. The molecule has 3 aliphatic rings. The molecule has 3 aliphatic carbocycles. The molecule has 4 rings (SSSR count). The highest BCUT2D eigenvalue weighted by atomic mass is 35.5. The van der Waals surface area contributed by atoms with Gasteiger partial charge in [-0.1, -0.05) is 11.6 Å². The first-order chi connectivity index (χ1) is 12.0. The minimum atomic E-state index is -1.61. The first-order valence-electron chi connectivity index (χ1n) is 8.35. The highest BCUT2D eigenvalue weighted by Gasteiger charge is 2.71. The third-order valence-corrected chi connectivity index (χ3v) is 5.48. The summed E-state index contributed by atoms with van der Waals surface area (Å²) in [7, 11) is 0. The second kappa shape index (κ2) is 6.06. The number of nitrogens with two attached hydrogens (primary N) is 1. The first-order valence-corrected chi connectivity index (χ1v) is 8.73. The highest BCUT2D eigenvalue weighted by Crippen LogP contribution is 2.68. The van der Waals surface area contributed by atoms with Crippen LogP contribution < -0.4 is 16.4 Å². The second-order valence-electron chi connectivity index (χ2n) is 7.96. The van der Waals surface area contributed by atoms with Crippen LogP contribution in [0.15, 0.2) is 12.3 Å². The number of aromatic nitrogens is 1. The van der Waals surface area contributed by atoms with Gasteiger partial charge in [0.15, 0.2) is 0 Å². The summed E-state index contributed by atoms with van der Waals surface area (Å²) in [6.07, 6.45) is 1.54. The van der Waals surface area contributed by atoms with E-state index in [9.17, 15) is 19.1 Å². The fourth-order valence-electron chi connectivity index (χ4n) is 3.71. The number of amides is 2. The topological polar surface area (TPSA) is 117 Å². The van der Waals surface area contributed by atoms with E-state index in [0.29, 0.717) is 24.9 Å². The van der Waals surface area contributed by atoms with E-state index in [1.54, 1.807) is 0 Å². The monoisotopic (exact) mass is 384 g/mol. The number of carbonyl (C=O) groups excluding carboxylic acids is 2. The number of nitrogens with one attached hydrogen (secondary N) is 2. The average molecular weight is 385 g/mol. The van der Waals surface area contributed by atoms with Crippen LogP contribution in [-0.2, 0) is 4.79 Å². The summed E-state index contributed by atoms with van der Waals surface area (Å²) >= 11 is 5.94. The zero-order valence-corrected chi connectivity index (χ0v) is 15.4. The van der Waals surface area contributed by atoms with Gasteiger partial charge in [0.2, 0.25) is 5.91 Å². The number of carbonyl (C=O) groups is 2. The maximum Gasteiger partial charge on any atom is 0.255 e. The quantitative estimate of drug-likeness (QED) is 0.530. The van der Waals surface area contributed by atoms with Crippen molar-refractivity contribution in [1.82, 2.24) is 10.3 Å². The van der Waals surface area contributed by atoms with Crippen molar-refractivity contribution >= 4 is 29.1 Å². The smallest absolute Gasteiger partial charge is 0.255 e. The Morgan fingerprint density at radius 3 is 2.62 bits per heavy atom. The molecule has 1 heterocycles. The Balaban J connectivity index is 1.69. The van der Waals surface area contributed by atoms with Crippen molar-refractivity contribution in [1.29, 1.82) is 0 Å². The van der Waals surface area contributed by atoms with Gasteiger partial charge in [0.25, 0.3) is 5.91 Å². The SMILES string of the molecule is CC(C)(O)C(F)CNC(=O)c1cnc(Cl)cc1NC12CC(C(N)=O)(C1)C2. The van der Waals surface area contributed by atoms with Crippen LogP contribution in [-0.4, -0.2) is 45.8 Å². The summed E-state index contributed by atoms with van der Waals surface area (Å²) in [5.74, 6) is -0.827. The van der Waals surface area contributed by atoms with E-state index in [0.717, 1.165) is 0 Å². The van der Waals surface area contributed by atoms with Crippen molar-refractivity contribution < 1.29 is 19.1 Å². The van der Waals surface area contributed by atoms with E-state index in [2.05, 4.69) is 15.6 Å². The van der Waals surface area contributed by atoms with Gasteiger partial charge >= 0.3 is 0 Å². The van der Waals surface area contributed by atoms with Gasteiger partial charge in [0.1, 0.15) is 11.3 Å². The number of aliphatic hydroxyl groups is 1. The lowest BCUT2D eigenvalue weighted by atomic mass is 9.39. The summed E-state index contributed by atoms with van der Waals surface area (Å²) in [5, 5.41) is 15.6. The molecule has 3 fully saturated rings. The Hall–Kier alpha value is -1.93. The van der Waals surface area contributed by atoms with Gasteiger partial charge in [-0.25, -0.2) is 9.37 Å². The third-order valence-electron chi connectivity index (χ3n) is 5.28. The maximum absolute atomic E-state index is 13.8. The molecule has 3 saturated carbocycles. The molecule has 26 heavy (non-hydrogen) atoms. The van der Waals surface area contributed by atoms with Gasteiger partial charge < -0.3 is 21.5 Å². The lowest BCUT2D eigenvalue weighted by Gasteiger charge is -2.69. The summed E-state index contributed by atoms with van der Waals surface area (Å²) in [4.78, 5) is 27.8. The summed E-state index contributed by atoms with van der Waals surface area (Å²) in [6.45, 7) is 2.33. The molecule has 1 atom stereocenters. The van der Waals surface area contributed by atoms with Crippen molar-refractivity contribution in [2.75, 3.05) is 11.9 Å². The van der Waals surface area contributed by atoms with Gasteiger partial charge in [-0.2, -0.15) is 0 Å². The van der Waals surface area contributed by atoms with Crippen LogP contribution in [0.1, 0.15) is 43.5 Å². The van der Waals surface area contributed by atoms with Crippen LogP contribution >= 0.6 is 11.6 Å². The molecule has 0 radical (unpaired) electrons.